The standard InChI is InChI=1S/C30H47NO3/c1-25(2)14-16-30(24(32)33)17-15-28(6)19(20(30)18-25)8-9-22-27(5)12-11-23(31-34)26(3,4)21(27)10-13-29(22,28)7/h8,20-22,34H,9-18H2,1-7H3,(H,32,33)/b31-23+/t20-,21-,22+,27-,28+,29+,30-/m0/s1. The van der Waals surface area contributed by atoms with Crippen molar-refractivity contribution in [1.82, 2.24) is 0 Å². The number of hydrogen-bond donors (Lipinski definition) is 2. The van der Waals surface area contributed by atoms with Gasteiger partial charge < -0.3 is 10.3 Å². The monoisotopic (exact) mass is 469 g/mol. The lowest BCUT2D eigenvalue weighted by Gasteiger charge is -2.70. The molecule has 0 amide bonds. The van der Waals surface area contributed by atoms with Gasteiger partial charge in [-0.3, -0.25) is 4.79 Å². The Morgan fingerprint density at radius 1 is 0.941 bits per heavy atom. The Balaban J connectivity index is 1.60. The number of rotatable bonds is 1. The molecule has 0 bridgehead atoms. The van der Waals surface area contributed by atoms with E-state index in [0.29, 0.717) is 11.8 Å². The molecular formula is C30H47NO3. The van der Waals surface area contributed by atoms with E-state index in [-0.39, 0.29) is 33.0 Å². The molecule has 0 heterocycles. The first kappa shape index (κ1) is 24.4. The van der Waals surface area contributed by atoms with Gasteiger partial charge in [0.2, 0.25) is 0 Å². The molecule has 5 aliphatic carbocycles. The minimum Gasteiger partial charge on any atom is -0.481 e. The smallest absolute Gasteiger partial charge is 0.310 e. The summed E-state index contributed by atoms with van der Waals surface area (Å²) in [6.07, 6.45) is 12.6. The number of carboxylic acids is 1. The van der Waals surface area contributed by atoms with Gasteiger partial charge in [-0.15, -0.1) is 0 Å². The van der Waals surface area contributed by atoms with Gasteiger partial charge in [0.25, 0.3) is 0 Å². The topological polar surface area (TPSA) is 69.9 Å². The van der Waals surface area contributed by atoms with Crippen molar-refractivity contribution in [3.05, 3.63) is 11.6 Å². The van der Waals surface area contributed by atoms with Crippen LogP contribution in [0, 0.1) is 50.2 Å². The molecule has 5 aliphatic rings. The van der Waals surface area contributed by atoms with Crippen LogP contribution in [0.4, 0.5) is 0 Å². The van der Waals surface area contributed by atoms with E-state index in [1.54, 1.807) is 0 Å². The number of carboxylic acid groups (broad SMARTS) is 1. The first-order valence-electron chi connectivity index (χ1n) is 13.8. The van der Waals surface area contributed by atoms with Gasteiger partial charge in [0.15, 0.2) is 0 Å². The Morgan fingerprint density at radius 3 is 2.26 bits per heavy atom. The van der Waals surface area contributed by atoms with Crippen molar-refractivity contribution in [1.29, 1.82) is 0 Å². The average molecular weight is 470 g/mol. The van der Waals surface area contributed by atoms with Crippen molar-refractivity contribution in [3.63, 3.8) is 0 Å². The van der Waals surface area contributed by atoms with Crippen LogP contribution >= 0.6 is 0 Å². The van der Waals surface area contributed by atoms with Crippen molar-refractivity contribution >= 4 is 11.7 Å². The molecule has 34 heavy (non-hydrogen) atoms. The van der Waals surface area contributed by atoms with Crippen LogP contribution in [0.1, 0.15) is 113 Å². The largest absolute Gasteiger partial charge is 0.481 e. The van der Waals surface area contributed by atoms with Gasteiger partial charge in [-0.2, -0.15) is 0 Å². The maximum absolute atomic E-state index is 12.8. The molecular weight excluding hydrogens is 422 g/mol. The highest BCUT2D eigenvalue weighted by Crippen LogP contribution is 2.75. The molecule has 4 fully saturated rings. The fourth-order valence-electron chi connectivity index (χ4n) is 10.6. The highest BCUT2D eigenvalue weighted by atomic mass is 16.4. The van der Waals surface area contributed by atoms with Crippen LogP contribution in [0.3, 0.4) is 0 Å². The molecule has 0 aromatic heterocycles. The third-order valence-corrected chi connectivity index (χ3v) is 13.0. The van der Waals surface area contributed by atoms with Crippen LogP contribution < -0.4 is 0 Å². The fourth-order valence-corrected chi connectivity index (χ4v) is 10.6. The molecule has 0 aromatic carbocycles. The van der Waals surface area contributed by atoms with Crippen LogP contribution in [0.25, 0.3) is 0 Å². The summed E-state index contributed by atoms with van der Waals surface area (Å²) in [6, 6.07) is 0. The Morgan fingerprint density at radius 2 is 1.62 bits per heavy atom. The Kier molecular flexibility index (Phi) is 5.11. The zero-order chi connectivity index (χ0) is 24.9. The lowest BCUT2D eigenvalue weighted by Crippen LogP contribution is -2.64. The maximum atomic E-state index is 12.8. The molecule has 0 aliphatic heterocycles. The van der Waals surface area contributed by atoms with Crippen LogP contribution in [0.2, 0.25) is 0 Å². The number of allylic oxidation sites excluding steroid dienone is 2. The molecule has 2 N–H and O–H groups in total. The molecule has 4 heteroatoms. The summed E-state index contributed by atoms with van der Waals surface area (Å²) < 4.78 is 0. The molecule has 0 aromatic rings. The van der Waals surface area contributed by atoms with Gasteiger partial charge in [0.1, 0.15) is 0 Å². The molecule has 7 atom stereocenters. The van der Waals surface area contributed by atoms with Crippen molar-refractivity contribution < 1.29 is 15.1 Å². The number of aliphatic carboxylic acids is 1. The van der Waals surface area contributed by atoms with E-state index in [0.717, 1.165) is 57.1 Å². The fraction of sp³-hybridized carbons (Fsp3) is 0.867. The second-order valence-electron chi connectivity index (χ2n) is 14.9. The van der Waals surface area contributed by atoms with Crippen LogP contribution in [-0.4, -0.2) is 22.0 Å². The van der Waals surface area contributed by atoms with Crippen molar-refractivity contribution in [2.45, 2.75) is 113 Å². The number of hydrogen-bond acceptors (Lipinski definition) is 3. The summed E-state index contributed by atoms with van der Waals surface area (Å²) in [5.41, 5.74) is 2.50. The minimum atomic E-state index is -0.565. The maximum Gasteiger partial charge on any atom is 0.310 e. The van der Waals surface area contributed by atoms with Crippen LogP contribution in [-0.2, 0) is 4.79 Å². The molecule has 0 spiro atoms. The SMILES string of the molecule is CC1(C)CC[C@]2(C(=O)O)CC[C@]3(C)C(=CC[C@@H]4[C@@]5(C)CC/C(=N\O)C(C)(C)[C@@H]5CC[C@]43C)[C@@H]2C1. The van der Waals surface area contributed by atoms with Gasteiger partial charge in [-0.05, 0) is 104 Å². The van der Waals surface area contributed by atoms with Crippen molar-refractivity contribution in [3.8, 4) is 0 Å². The predicted octanol–water partition coefficient (Wildman–Crippen LogP) is 7.70. The number of carbonyl (C=O) groups is 1. The normalized spacial score (nSPS) is 50.3. The Labute approximate surface area is 206 Å². The summed E-state index contributed by atoms with van der Waals surface area (Å²) in [6.45, 7) is 16.9. The zero-order valence-corrected chi connectivity index (χ0v) is 22.6. The lowest BCUT2D eigenvalue weighted by molar-refractivity contribution is -0.178. The van der Waals surface area contributed by atoms with E-state index in [4.69, 9.17) is 0 Å². The van der Waals surface area contributed by atoms with Crippen LogP contribution in [0.5, 0.6) is 0 Å². The number of oxime groups is 1. The van der Waals surface area contributed by atoms with E-state index in [2.05, 4.69) is 59.7 Å². The number of nitrogens with zero attached hydrogens (tertiary/aromatic N) is 1. The lowest BCUT2D eigenvalue weighted by atomic mass is 9.33. The highest BCUT2D eigenvalue weighted by molar-refractivity contribution is 5.90. The highest BCUT2D eigenvalue weighted by Gasteiger charge is 2.69. The van der Waals surface area contributed by atoms with Gasteiger partial charge in [0.05, 0.1) is 11.1 Å². The van der Waals surface area contributed by atoms with Gasteiger partial charge in [-0.25, -0.2) is 0 Å². The second-order valence-corrected chi connectivity index (χ2v) is 14.9. The molecule has 4 nitrogen and oxygen atoms in total. The quantitative estimate of drug-likeness (QED) is 0.235. The van der Waals surface area contributed by atoms with Gasteiger partial charge in [-0.1, -0.05) is 65.3 Å². The van der Waals surface area contributed by atoms with E-state index >= 15 is 0 Å². The summed E-state index contributed by atoms with van der Waals surface area (Å²) in [4.78, 5) is 12.8. The Bertz CT molecular complexity index is 962. The second kappa shape index (κ2) is 7.13. The van der Waals surface area contributed by atoms with E-state index < -0.39 is 11.4 Å². The molecule has 4 saturated carbocycles. The third kappa shape index (κ3) is 2.83. The van der Waals surface area contributed by atoms with Crippen LogP contribution in [0.15, 0.2) is 16.8 Å². The Hall–Kier alpha value is -1.32. The summed E-state index contributed by atoms with van der Waals surface area (Å²) >= 11 is 0. The summed E-state index contributed by atoms with van der Waals surface area (Å²) in [7, 11) is 0. The zero-order valence-electron chi connectivity index (χ0n) is 22.6. The van der Waals surface area contributed by atoms with E-state index in [1.807, 2.05) is 0 Å². The van der Waals surface area contributed by atoms with Gasteiger partial charge >= 0.3 is 5.97 Å². The van der Waals surface area contributed by atoms with E-state index in [1.165, 1.54) is 18.4 Å². The average Bonchev–Trinajstić information content (AvgIpc) is 2.73. The van der Waals surface area contributed by atoms with Crippen molar-refractivity contribution in [2.75, 3.05) is 0 Å². The molecule has 0 saturated heterocycles. The molecule has 0 radical (unpaired) electrons. The summed E-state index contributed by atoms with van der Waals surface area (Å²) in [5.74, 6) is 0.725. The summed E-state index contributed by atoms with van der Waals surface area (Å²) in [5, 5.41) is 24.0. The molecule has 5 rings (SSSR count). The van der Waals surface area contributed by atoms with Crippen molar-refractivity contribution in [2.24, 2.45) is 55.4 Å². The third-order valence-electron chi connectivity index (χ3n) is 13.0. The number of fused-ring (bicyclic) bond motifs is 7. The minimum absolute atomic E-state index is 0.0659. The molecule has 0 unspecified atom stereocenters. The molecule has 190 valence electrons. The van der Waals surface area contributed by atoms with E-state index in [9.17, 15) is 15.1 Å². The van der Waals surface area contributed by atoms with Gasteiger partial charge in [0, 0.05) is 5.41 Å². The first-order chi connectivity index (χ1) is 15.7. The predicted molar refractivity (Wildman–Crippen MR) is 136 cm³/mol. The first-order valence-corrected chi connectivity index (χ1v) is 13.8.